The number of cyclic esters (lactones) is 1. The van der Waals surface area contributed by atoms with Gasteiger partial charge in [0.25, 0.3) is 0 Å². The predicted molar refractivity (Wildman–Crippen MR) is 155 cm³/mol. The molecule has 4 aliphatic rings. The van der Waals surface area contributed by atoms with Crippen molar-refractivity contribution in [3.05, 3.63) is 34.9 Å². The monoisotopic (exact) mass is 572 g/mol. The van der Waals surface area contributed by atoms with Crippen molar-refractivity contribution >= 4 is 29.5 Å². The topological polar surface area (TPSA) is 91.0 Å². The molecule has 3 saturated heterocycles. The molecule has 2 N–H and O–H groups in total. The molecule has 2 unspecified atom stereocenters. The van der Waals surface area contributed by atoms with Gasteiger partial charge < -0.3 is 25.2 Å². The maximum atomic E-state index is 14.0. The molecule has 220 valence electrons. The van der Waals surface area contributed by atoms with Crippen LogP contribution in [-0.2, 0) is 20.7 Å². The van der Waals surface area contributed by atoms with Crippen molar-refractivity contribution in [2.24, 2.45) is 11.3 Å². The third-order valence-corrected chi connectivity index (χ3v) is 9.98. The van der Waals surface area contributed by atoms with Gasteiger partial charge in [0.05, 0.1) is 6.54 Å². The van der Waals surface area contributed by atoms with E-state index >= 15 is 0 Å². The fourth-order valence-corrected chi connectivity index (χ4v) is 7.51. The second-order valence-corrected chi connectivity index (χ2v) is 12.8. The lowest BCUT2D eigenvalue weighted by Gasteiger charge is -2.49. The van der Waals surface area contributed by atoms with Crippen LogP contribution in [-0.4, -0.2) is 79.1 Å². The van der Waals surface area contributed by atoms with E-state index in [1.807, 2.05) is 34.1 Å². The first-order valence-corrected chi connectivity index (χ1v) is 15.8. The van der Waals surface area contributed by atoms with Gasteiger partial charge in [-0.2, -0.15) is 0 Å². The van der Waals surface area contributed by atoms with Crippen molar-refractivity contribution < 1.29 is 19.1 Å². The lowest BCUT2D eigenvalue weighted by atomic mass is 9.63. The SMILES string of the molecule is O=C(CC1CCCCN1)NC(Cc1ccc(Cl)cc1)C(=O)N1CCC(CN2CCOC2=O)(C2CCCCC2)CC1. The number of carbonyl (C=O) groups excluding carboxylic acids is 3. The van der Waals surface area contributed by atoms with Crippen LogP contribution in [0.3, 0.4) is 0 Å². The third kappa shape index (κ3) is 7.30. The molecule has 0 aromatic heterocycles. The molecule has 3 amide bonds. The maximum Gasteiger partial charge on any atom is 0.409 e. The number of amides is 3. The van der Waals surface area contributed by atoms with E-state index in [0.29, 0.717) is 50.0 Å². The van der Waals surface area contributed by atoms with E-state index < -0.39 is 6.04 Å². The zero-order chi connectivity index (χ0) is 28.0. The van der Waals surface area contributed by atoms with Crippen molar-refractivity contribution in [1.29, 1.82) is 0 Å². The lowest BCUT2D eigenvalue weighted by Crippen LogP contribution is -2.56. The second kappa shape index (κ2) is 13.6. The molecule has 1 aliphatic carbocycles. The molecule has 1 saturated carbocycles. The normalized spacial score (nSPS) is 24.4. The fraction of sp³-hybridized carbons (Fsp3) is 0.710. The molecular weight excluding hydrogens is 528 g/mol. The first-order valence-electron chi connectivity index (χ1n) is 15.4. The average Bonchev–Trinajstić information content (AvgIpc) is 3.38. The molecule has 0 radical (unpaired) electrons. The molecule has 1 aromatic rings. The Morgan fingerprint density at radius 2 is 1.75 bits per heavy atom. The van der Waals surface area contributed by atoms with E-state index in [-0.39, 0.29) is 29.4 Å². The molecule has 1 aromatic carbocycles. The number of hydrogen-bond acceptors (Lipinski definition) is 5. The van der Waals surface area contributed by atoms with Gasteiger partial charge in [0.2, 0.25) is 11.8 Å². The molecule has 9 heteroatoms. The van der Waals surface area contributed by atoms with E-state index in [2.05, 4.69) is 10.6 Å². The molecule has 3 heterocycles. The molecule has 0 bridgehead atoms. The summed E-state index contributed by atoms with van der Waals surface area (Å²) in [5.41, 5.74) is 0.988. The number of nitrogens with zero attached hydrogens (tertiary/aromatic N) is 2. The molecular formula is C31H45ClN4O4. The van der Waals surface area contributed by atoms with Crippen LogP contribution in [0, 0.1) is 11.3 Å². The average molecular weight is 573 g/mol. The van der Waals surface area contributed by atoms with E-state index in [4.69, 9.17) is 16.3 Å². The minimum Gasteiger partial charge on any atom is -0.448 e. The number of likely N-dealkylation sites (tertiary alicyclic amines) is 1. The fourth-order valence-electron chi connectivity index (χ4n) is 7.38. The second-order valence-electron chi connectivity index (χ2n) is 12.4. The van der Waals surface area contributed by atoms with Gasteiger partial charge in [0.15, 0.2) is 0 Å². The first-order chi connectivity index (χ1) is 19.4. The largest absolute Gasteiger partial charge is 0.448 e. The van der Waals surface area contributed by atoms with Crippen molar-refractivity contribution in [3.63, 3.8) is 0 Å². The van der Waals surface area contributed by atoms with Crippen LogP contribution in [0.25, 0.3) is 0 Å². The Bertz CT molecular complexity index is 1010. The summed E-state index contributed by atoms with van der Waals surface area (Å²) in [4.78, 5) is 43.3. The molecule has 5 rings (SSSR count). The molecule has 2 atom stereocenters. The summed E-state index contributed by atoms with van der Waals surface area (Å²) >= 11 is 6.10. The molecule has 40 heavy (non-hydrogen) atoms. The number of halogens is 1. The Morgan fingerprint density at radius 3 is 2.40 bits per heavy atom. The highest BCUT2D eigenvalue weighted by molar-refractivity contribution is 6.30. The molecule has 4 fully saturated rings. The number of ether oxygens (including phenoxy) is 1. The van der Waals surface area contributed by atoms with Gasteiger partial charge in [-0.1, -0.05) is 49.4 Å². The highest BCUT2D eigenvalue weighted by atomic mass is 35.5. The van der Waals surface area contributed by atoms with Crippen molar-refractivity contribution in [3.8, 4) is 0 Å². The zero-order valence-corrected chi connectivity index (χ0v) is 24.4. The number of rotatable bonds is 9. The number of benzene rings is 1. The number of hydrogen-bond donors (Lipinski definition) is 2. The Balaban J connectivity index is 1.27. The summed E-state index contributed by atoms with van der Waals surface area (Å²) in [5.74, 6) is 0.477. The van der Waals surface area contributed by atoms with Crippen molar-refractivity contribution in [2.75, 3.05) is 39.3 Å². The summed E-state index contributed by atoms with van der Waals surface area (Å²) in [6.07, 6.45) is 11.8. The number of nitrogens with one attached hydrogen (secondary N) is 2. The smallest absolute Gasteiger partial charge is 0.409 e. The van der Waals surface area contributed by atoms with Crippen molar-refractivity contribution in [2.45, 2.75) is 89.1 Å². The van der Waals surface area contributed by atoms with Crippen LogP contribution >= 0.6 is 11.6 Å². The van der Waals surface area contributed by atoms with E-state index in [1.54, 1.807) is 0 Å². The standard InChI is InChI=1S/C31H45ClN4O4/c32-25-11-9-23(10-12-25)20-27(34-28(37)21-26-8-4-5-15-33-26)29(38)35-16-13-31(14-17-35,24-6-2-1-3-7-24)22-36-18-19-40-30(36)39/h9-12,24,26-27,33H,1-8,13-22H2,(H,34,37). The summed E-state index contributed by atoms with van der Waals surface area (Å²) in [7, 11) is 0. The Hall–Kier alpha value is -2.32. The van der Waals surface area contributed by atoms with E-state index in [1.165, 1.54) is 32.1 Å². The number of carbonyl (C=O) groups is 3. The van der Waals surface area contributed by atoms with E-state index in [9.17, 15) is 14.4 Å². The van der Waals surface area contributed by atoms with Crippen LogP contribution in [0.1, 0.15) is 76.2 Å². The number of piperidine rings is 2. The molecule has 0 spiro atoms. The Morgan fingerprint density at radius 1 is 1.02 bits per heavy atom. The highest BCUT2D eigenvalue weighted by Gasteiger charge is 2.45. The van der Waals surface area contributed by atoms with Crippen LogP contribution in [0.2, 0.25) is 5.02 Å². The van der Waals surface area contributed by atoms with Gasteiger partial charge in [-0.05, 0) is 74.1 Å². The lowest BCUT2D eigenvalue weighted by molar-refractivity contribution is -0.139. The van der Waals surface area contributed by atoms with Gasteiger partial charge >= 0.3 is 6.09 Å². The predicted octanol–water partition coefficient (Wildman–Crippen LogP) is 4.54. The summed E-state index contributed by atoms with van der Waals surface area (Å²) in [6.45, 7) is 4.08. The van der Waals surface area contributed by atoms with Gasteiger partial charge in [-0.25, -0.2) is 4.79 Å². The van der Waals surface area contributed by atoms with Crippen LogP contribution in [0.5, 0.6) is 0 Å². The minimum absolute atomic E-state index is 0.0160. The van der Waals surface area contributed by atoms with Crippen molar-refractivity contribution in [1.82, 2.24) is 20.4 Å². The zero-order valence-electron chi connectivity index (χ0n) is 23.7. The summed E-state index contributed by atoms with van der Waals surface area (Å²) < 4.78 is 5.25. The maximum absolute atomic E-state index is 14.0. The van der Waals surface area contributed by atoms with Crippen LogP contribution in [0.15, 0.2) is 24.3 Å². The summed E-state index contributed by atoms with van der Waals surface area (Å²) in [6, 6.07) is 7.06. The van der Waals surface area contributed by atoms with Gasteiger partial charge in [-0.3, -0.25) is 9.59 Å². The molecule has 8 nitrogen and oxygen atoms in total. The van der Waals surface area contributed by atoms with E-state index in [0.717, 1.165) is 50.8 Å². The van der Waals surface area contributed by atoms with Crippen LogP contribution < -0.4 is 10.6 Å². The molecule has 3 aliphatic heterocycles. The Labute approximate surface area is 243 Å². The quantitative estimate of drug-likeness (QED) is 0.453. The minimum atomic E-state index is -0.618. The third-order valence-electron chi connectivity index (χ3n) is 9.72. The van der Waals surface area contributed by atoms with Gasteiger partial charge in [0, 0.05) is 43.5 Å². The summed E-state index contributed by atoms with van der Waals surface area (Å²) in [5, 5.41) is 7.19. The van der Waals surface area contributed by atoms with Crippen LogP contribution in [0.4, 0.5) is 4.79 Å². The highest BCUT2D eigenvalue weighted by Crippen LogP contribution is 2.46. The first kappa shape index (κ1) is 29.2. The Kier molecular flexibility index (Phi) is 9.89. The van der Waals surface area contributed by atoms with Gasteiger partial charge in [0.1, 0.15) is 12.6 Å². The van der Waals surface area contributed by atoms with Gasteiger partial charge in [-0.15, -0.1) is 0 Å².